The van der Waals surface area contributed by atoms with Gasteiger partial charge in [0.15, 0.2) is 0 Å². The summed E-state index contributed by atoms with van der Waals surface area (Å²) in [6.07, 6.45) is 3.37. The summed E-state index contributed by atoms with van der Waals surface area (Å²) in [7, 11) is 1.88. The molecule has 1 rings (SSSR count). The highest BCUT2D eigenvalue weighted by atomic mass is 16.2. The molecule has 13 heavy (non-hydrogen) atoms. The van der Waals surface area contributed by atoms with Crippen molar-refractivity contribution < 1.29 is 4.79 Å². The van der Waals surface area contributed by atoms with E-state index >= 15 is 0 Å². The molecule has 0 aliphatic carbocycles. The first-order valence-corrected chi connectivity index (χ1v) is 5.22. The van der Waals surface area contributed by atoms with Crippen LogP contribution in [-0.4, -0.2) is 42.0 Å². The molecule has 1 aliphatic heterocycles. The second-order valence-electron chi connectivity index (χ2n) is 3.75. The maximum atomic E-state index is 11.6. The van der Waals surface area contributed by atoms with Gasteiger partial charge in [0.05, 0.1) is 0 Å². The van der Waals surface area contributed by atoms with Crippen LogP contribution in [0.1, 0.15) is 33.1 Å². The zero-order chi connectivity index (χ0) is 9.84. The second kappa shape index (κ2) is 4.49. The summed E-state index contributed by atoms with van der Waals surface area (Å²) in [6.45, 7) is 6.13. The molecule has 3 heteroatoms. The molecule has 0 aromatic heterocycles. The second-order valence-corrected chi connectivity index (χ2v) is 3.75. The molecule has 0 saturated carbocycles. The maximum absolute atomic E-state index is 11.6. The summed E-state index contributed by atoms with van der Waals surface area (Å²) >= 11 is 0. The number of carbonyl (C=O) groups excluding carboxylic acids is 1. The number of carbonyl (C=O) groups is 1. The van der Waals surface area contributed by atoms with Gasteiger partial charge in [0.1, 0.15) is 0 Å². The molecule has 0 aromatic carbocycles. The van der Waals surface area contributed by atoms with Gasteiger partial charge in [-0.15, -0.1) is 0 Å². The lowest BCUT2D eigenvalue weighted by Crippen LogP contribution is -2.37. The van der Waals surface area contributed by atoms with Crippen molar-refractivity contribution in [1.82, 2.24) is 9.80 Å². The Balaban J connectivity index is 2.54. The predicted molar refractivity (Wildman–Crippen MR) is 53.7 cm³/mol. The molecule has 76 valence electrons. The van der Waals surface area contributed by atoms with Gasteiger partial charge in [0.25, 0.3) is 0 Å². The smallest absolute Gasteiger partial charge is 0.320 e. The van der Waals surface area contributed by atoms with Gasteiger partial charge >= 0.3 is 6.03 Å². The van der Waals surface area contributed by atoms with Crippen LogP contribution in [-0.2, 0) is 0 Å². The van der Waals surface area contributed by atoms with Gasteiger partial charge in [-0.1, -0.05) is 20.3 Å². The van der Waals surface area contributed by atoms with Gasteiger partial charge in [-0.05, 0) is 12.8 Å². The van der Waals surface area contributed by atoms with E-state index in [2.05, 4.69) is 13.8 Å². The van der Waals surface area contributed by atoms with Crippen LogP contribution in [0, 0.1) is 0 Å². The Morgan fingerprint density at radius 3 is 2.46 bits per heavy atom. The van der Waals surface area contributed by atoms with Crippen molar-refractivity contribution >= 4 is 6.03 Å². The number of hydrogen-bond acceptors (Lipinski definition) is 1. The van der Waals surface area contributed by atoms with Crippen LogP contribution in [0.5, 0.6) is 0 Å². The first-order chi connectivity index (χ1) is 6.20. The lowest BCUT2D eigenvalue weighted by atomic mass is 10.1. The van der Waals surface area contributed by atoms with Crippen LogP contribution in [0.25, 0.3) is 0 Å². The summed E-state index contributed by atoms with van der Waals surface area (Å²) in [5, 5.41) is 0. The average molecular weight is 184 g/mol. The van der Waals surface area contributed by atoms with Gasteiger partial charge in [-0.3, -0.25) is 0 Å². The molecule has 1 atom stereocenters. The maximum Gasteiger partial charge on any atom is 0.320 e. The molecule has 1 aliphatic rings. The Morgan fingerprint density at radius 2 is 2.08 bits per heavy atom. The summed E-state index contributed by atoms with van der Waals surface area (Å²) in [5.74, 6) is 0. The third-order valence-corrected chi connectivity index (χ3v) is 2.78. The molecular formula is C10H20N2O. The monoisotopic (exact) mass is 184 g/mol. The van der Waals surface area contributed by atoms with E-state index in [1.54, 1.807) is 4.90 Å². The third kappa shape index (κ3) is 2.14. The molecule has 0 aromatic rings. The van der Waals surface area contributed by atoms with Gasteiger partial charge in [0, 0.05) is 26.2 Å². The minimum absolute atomic E-state index is 0.209. The van der Waals surface area contributed by atoms with Gasteiger partial charge in [-0.25, -0.2) is 4.79 Å². The highest BCUT2D eigenvalue weighted by Crippen LogP contribution is 2.16. The largest absolute Gasteiger partial charge is 0.326 e. The van der Waals surface area contributed by atoms with E-state index in [1.165, 1.54) is 0 Å². The van der Waals surface area contributed by atoms with Crippen LogP contribution in [0.3, 0.4) is 0 Å². The number of likely N-dealkylation sites (N-methyl/N-ethyl adjacent to an activating group) is 1. The molecule has 1 fully saturated rings. The van der Waals surface area contributed by atoms with Crippen molar-refractivity contribution in [2.75, 3.05) is 20.1 Å². The Morgan fingerprint density at radius 1 is 1.38 bits per heavy atom. The third-order valence-electron chi connectivity index (χ3n) is 2.78. The zero-order valence-corrected chi connectivity index (χ0v) is 8.92. The number of nitrogens with zero attached hydrogens (tertiary/aromatic N) is 2. The quantitative estimate of drug-likeness (QED) is 0.655. The molecule has 2 amide bonds. The Hall–Kier alpha value is -0.730. The standard InChI is InChI=1S/C10H20N2O/c1-4-6-9(5-2)12-8-7-11(3)10(12)13/h9H,4-8H2,1-3H3. The number of urea groups is 1. The van der Waals surface area contributed by atoms with Crippen LogP contribution in [0.2, 0.25) is 0 Å². The minimum atomic E-state index is 0.209. The van der Waals surface area contributed by atoms with E-state index in [0.29, 0.717) is 6.04 Å². The van der Waals surface area contributed by atoms with E-state index in [9.17, 15) is 4.79 Å². The molecule has 1 saturated heterocycles. The lowest BCUT2D eigenvalue weighted by Gasteiger charge is -2.25. The van der Waals surface area contributed by atoms with E-state index in [1.807, 2.05) is 11.9 Å². The van der Waals surface area contributed by atoms with Crippen LogP contribution >= 0.6 is 0 Å². The fraction of sp³-hybridized carbons (Fsp3) is 0.900. The van der Waals surface area contributed by atoms with Crippen molar-refractivity contribution in [3.63, 3.8) is 0 Å². The van der Waals surface area contributed by atoms with Crippen molar-refractivity contribution in [2.45, 2.75) is 39.2 Å². The Kier molecular flexibility index (Phi) is 3.58. The van der Waals surface area contributed by atoms with Gasteiger partial charge < -0.3 is 9.80 Å². The molecule has 1 unspecified atom stereocenters. The summed E-state index contributed by atoms with van der Waals surface area (Å²) in [6, 6.07) is 0.669. The van der Waals surface area contributed by atoms with Crippen molar-refractivity contribution in [3.05, 3.63) is 0 Å². The van der Waals surface area contributed by atoms with Crippen molar-refractivity contribution in [2.24, 2.45) is 0 Å². The van der Waals surface area contributed by atoms with Crippen molar-refractivity contribution in [1.29, 1.82) is 0 Å². The summed E-state index contributed by atoms with van der Waals surface area (Å²) in [4.78, 5) is 15.5. The molecule has 0 spiro atoms. The molecule has 1 heterocycles. The SMILES string of the molecule is CCCC(CC)N1CCN(C)C1=O. The highest BCUT2D eigenvalue weighted by molar-refractivity contribution is 5.76. The van der Waals surface area contributed by atoms with Gasteiger partial charge in [0.2, 0.25) is 0 Å². The number of hydrogen-bond donors (Lipinski definition) is 0. The van der Waals surface area contributed by atoms with Crippen molar-refractivity contribution in [3.8, 4) is 0 Å². The molecular weight excluding hydrogens is 164 g/mol. The molecule has 0 N–H and O–H groups in total. The van der Waals surface area contributed by atoms with Crippen LogP contribution in [0.4, 0.5) is 4.79 Å². The Bertz CT molecular complexity index is 182. The number of rotatable bonds is 4. The summed E-state index contributed by atoms with van der Waals surface area (Å²) < 4.78 is 0. The van der Waals surface area contributed by atoms with E-state index in [-0.39, 0.29) is 6.03 Å². The lowest BCUT2D eigenvalue weighted by molar-refractivity contribution is 0.177. The topological polar surface area (TPSA) is 23.6 Å². The first-order valence-electron chi connectivity index (χ1n) is 5.22. The summed E-state index contributed by atoms with van der Waals surface area (Å²) in [5.41, 5.74) is 0. The van der Waals surface area contributed by atoms with E-state index in [0.717, 1.165) is 32.4 Å². The highest BCUT2D eigenvalue weighted by Gasteiger charge is 2.29. The molecule has 0 radical (unpaired) electrons. The number of amides is 2. The predicted octanol–water partition coefficient (Wildman–Crippen LogP) is 1.93. The van der Waals surface area contributed by atoms with Crippen LogP contribution in [0.15, 0.2) is 0 Å². The normalized spacial score (nSPS) is 19.8. The first kappa shape index (κ1) is 10.4. The van der Waals surface area contributed by atoms with E-state index in [4.69, 9.17) is 0 Å². The molecule has 0 bridgehead atoms. The zero-order valence-electron chi connectivity index (χ0n) is 8.92. The average Bonchev–Trinajstić information content (AvgIpc) is 2.45. The van der Waals surface area contributed by atoms with Gasteiger partial charge in [-0.2, -0.15) is 0 Å². The van der Waals surface area contributed by atoms with Crippen LogP contribution < -0.4 is 0 Å². The Labute approximate surface area is 80.7 Å². The minimum Gasteiger partial charge on any atom is -0.326 e. The van der Waals surface area contributed by atoms with E-state index < -0.39 is 0 Å². The fourth-order valence-corrected chi connectivity index (χ4v) is 1.92. The fourth-order valence-electron chi connectivity index (χ4n) is 1.92. The molecule has 3 nitrogen and oxygen atoms in total.